The van der Waals surface area contributed by atoms with Gasteiger partial charge >= 0.3 is 0 Å². The van der Waals surface area contributed by atoms with E-state index >= 15 is 0 Å². The smallest absolute Gasteiger partial charge is 0.270 e. The van der Waals surface area contributed by atoms with Crippen LogP contribution in [0.4, 0.5) is 5.69 Å². The van der Waals surface area contributed by atoms with Gasteiger partial charge in [0.05, 0.1) is 17.5 Å². The standard InChI is InChI=1S/C31H25N3O3/c1-17-11-12-18(2)34(17)32-29(35)19-13-15-20(16-14-19)33-30(36)27-25-21-7-3-4-8-22(21)26(28(27)31(33)37)24-10-6-5-9-23(24)25/h3-16,25-28H,1-2H3,(H,32,35)/t25?,26?,27-,28-/m0/s1. The number of aromatic nitrogens is 1. The normalized spacial score (nSPS) is 23.0. The predicted octanol–water partition coefficient (Wildman–Crippen LogP) is 4.89. The van der Waals surface area contributed by atoms with E-state index in [2.05, 4.69) is 29.7 Å². The maximum absolute atomic E-state index is 13.9. The van der Waals surface area contributed by atoms with E-state index in [1.807, 2.05) is 50.2 Å². The molecule has 2 bridgehead atoms. The van der Waals surface area contributed by atoms with Gasteiger partial charge in [0.15, 0.2) is 0 Å². The molecule has 1 aliphatic heterocycles. The van der Waals surface area contributed by atoms with E-state index in [4.69, 9.17) is 0 Å². The molecule has 37 heavy (non-hydrogen) atoms. The average Bonchev–Trinajstić information content (AvgIpc) is 3.38. The molecule has 6 nitrogen and oxygen atoms in total. The van der Waals surface area contributed by atoms with Crippen molar-refractivity contribution in [2.24, 2.45) is 11.8 Å². The summed E-state index contributed by atoms with van der Waals surface area (Å²) in [6.45, 7) is 3.84. The van der Waals surface area contributed by atoms with Gasteiger partial charge in [-0.1, -0.05) is 48.5 Å². The molecule has 0 radical (unpaired) electrons. The van der Waals surface area contributed by atoms with Crippen LogP contribution in [-0.4, -0.2) is 22.4 Å². The topological polar surface area (TPSA) is 71.4 Å². The number of rotatable bonds is 3. The Morgan fingerprint density at radius 2 is 1.08 bits per heavy atom. The zero-order valence-corrected chi connectivity index (χ0v) is 20.5. The molecule has 182 valence electrons. The van der Waals surface area contributed by atoms with Crippen molar-refractivity contribution >= 4 is 23.4 Å². The van der Waals surface area contributed by atoms with Crippen LogP contribution in [0.1, 0.15) is 55.8 Å². The van der Waals surface area contributed by atoms with E-state index in [0.717, 1.165) is 33.6 Å². The predicted molar refractivity (Wildman–Crippen MR) is 140 cm³/mol. The lowest BCUT2D eigenvalue weighted by Crippen LogP contribution is -2.41. The average molecular weight is 488 g/mol. The monoisotopic (exact) mass is 487 g/mol. The molecule has 4 aromatic rings. The maximum atomic E-state index is 13.9. The first-order valence-electron chi connectivity index (χ1n) is 12.6. The summed E-state index contributed by atoms with van der Waals surface area (Å²) in [5.41, 5.74) is 10.3. The van der Waals surface area contributed by atoms with Crippen LogP contribution in [0, 0.1) is 25.7 Å². The van der Waals surface area contributed by atoms with Crippen molar-refractivity contribution < 1.29 is 14.4 Å². The van der Waals surface area contributed by atoms with Gasteiger partial charge in [-0.25, -0.2) is 4.90 Å². The Kier molecular flexibility index (Phi) is 4.58. The Morgan fingerprint density at radius 3 is 1.51 bits per heavy atom. The molecule has 1 aromatic heterocycles. The van der Waals surface area contributed by atoms with Gasteiger partial charge in [0.25, 0.3) is 5.91 Å². The lowest BCUT2D eigenvalue weighted by atomic mass is 9.55. The zero-order valence-electron chi connectivity index (χ0n) is 20.5. The number of carbonyl (C=O) groups excluding carboxylic acids is 3. The Balaban J connectivity index is 1.23. The highest BCUT2D eigenvalue weighted by molar-refractivity contribution is 6.23. The maximum Gasteiger partial charge on any atom is 0.270 e. The van der Waals surface area contributed by atoms with Crippen molar-refractivity contribution in [3.8, 4) is 0 Å². The Hall–Kier alpha value is -4.45. The van der Waals surface area contributed by atoms with Crippen molar-refractivity contribution in [2.45, 2.75) is 25.7 Å². The number of carbonyl (C=O) groups is 3. The molecule has 2 atom stereocenters. The molecule has 1 saturated heterocycles. The summed E-state index contributed by atoms with van der Waals surface area (Å²) in [6.07, 6.45) is 0. The minimum atomic E-state index is -0.426. The van der Waals surface area contributed by atoms with Gasteiger partial charge in [0.2, 0.25) is 11.8 Å². The number of aryl methyl sites for hydroxylation is 2. The molecule has 2 heterocycles. The second kappa shape index (κ2) is 7.77. The summed E-state index contributed by atoms with van der Waals surface area (Å²) < 4.78 is 1.74. The van der Waals surface area contributed by atoms with Crippen LogP contribution in [0.2, 0.25) is 0 Å². The fourth-order valence-electron chi connectivity index (χ4n) is 6.70. The van der Waals surface area contributed by atoms with Crippen molar-refractivity contribution in [2.75, 3.05) is 10.3 Å². The highest BCUT2D eigenvalue weighted by Crippen LogP contribution is 2.61. The van der Waals surface area contributed by atoms with Crippen molar-refractivity contribution in [1.29, 1.82) is 0 Å². The fourth-order valence-corrected chi connectivity index (χ4v) is 6.70. The van der Waals surface area contributed by atoms with E-state index < -0.39 is 11.8 Å². The Labute approximate surface area is 214 Å². The first-order valence-corrected chi connectivity index (χ1v) is 12.6. The quantitative estimate of drug-likeness (QED) is 0.419. The molecule has 0 unspecified atom stereocenters. The van der Waals surface area contributed by atoms with Crippen LogP contribution in [0.15, 0.2) is 84.9 Å². The van der Waals surface area contributed by atoms with E-state index in [-0.39, 0.29) is 29.6 Å². The molecule has 1 N–H and O–H groups in total. The van der Waals surface area contributed by atoms with Crippen molar-refractivity contribution in [1.82, 2.24) is 4.68 Å². The second-order valence-electron chi connectivity index (χ2n) is 10.2. The zero-order chi connectivity index (χ0) is 25.4. The minimum absolute atomic E-state index is 0.137. The lowest BCUT2D eigenvalue weighted by molar-refractivity contribution is -0.122. The molecule has 6 heteroatoms. The first-order chi connectivity index (χ1) is 18.0. The highest BCUT2D eigenvalue weighted by Gasteiger charge is 2.61. The van der Waals surface area contributed by atoms with Crippen molar-refractivity contribution in [3.05, 3.63) is 124 Å². The van der Waals surface area contributed by atoms with E-state index in [0.29, 0.717) is 11.3 Å². The Bertz CT molecular complexity index is 1480. The van der Waals surface area contributed by atoms with Gasteiger partial charge in [0.1, 0.15) is 0 Å². The number of benzene rings is 3. The number of hydrogen-bond donors (Lipinski definition) is 1. The lowest BCUT2D eigenvalue weighted by Gasteiger charge is -2.45. The van der Waals surface area contributed by atoms with Crippen LogP contribution in [0.25, 0.3) is 0 Å². The number of hydrogen-bond acceptors (Lipinski definition) is 3. The summed E-state index contributed by atoms with van der Waals surface area (Å²) in [6, 6.07) is 27.0. The summed E-state index contributed by atoms with van der Waals surface area (Å²) >= 11 is 0. The molecule has 1 fully saturated rings. The summed E-state index contributed by atoms with van der Waals surface area (Å²) in [7, 11) is 0. The number of imide groups is 1. The summed E-state index contributed by atoms with van der Waals surface area (Å²) in [5.74, 6) is -1.71. The Morgan fingerprint density at radius 1 is 0.649 bits per heavy atom. The molecule has 4 aliphatic rings. The van der Waals surface area contributed by atoms with Crippen molar-refractivity contribution in [3.63, 3.8) is 0 Å². The van der Waals surface area contributed by atoms with E-state index in [1.54, 1.807) is 28.9 Å². The molecular formula is C31H25N3O3. The largest absolute Gasteiger partial charge is 0.274 e. The SMILES string of the molecule is Cc1ccc(C)n1NC(=O)c1ccc(N2C(=O)[C@H]3C4c5ccccc5C(c5ccccc54)[C@@H]3C2=O)cc1. The molecule has 3 aliphatic carbocycles. The first kappa shape index (κ1) is 21.8. The van der Waals surface area contributed by atoms with E-state index in [1.165, 1.54) is 4.90 Å². The molecule has 3 amide bonds. The van der Waals surface area contributed by atoms with Crippen LogP contribution in [-0.2, 0) is 9.59 Å². The van der Waals surface area contributed by atoms with Gasteiger partial charge < -0.3 is 0 Å². The summed E-state index contributed by atoms with van der Waals surface area (Å²) in [4.78, 5) is 42.0. The van der Waals surface area contributed by atoms with Gasteiger partial charge in [0, 0.05) is 28.8 Å². The molecule has 0 saturated carbocycles. The third-order valence-electron chi connectivity index (χ3n) is 8.32. The number of anilines is 1. The number of nitrogens with one attached hydrogen (secondary N) is 1. The third kappa shape index (κ3) is 2.96. The van der Waals surface area contributed by atoms with Crippen LogP contribution >= 0.6 is 0 Å². The van der Waals surface area contributed by atoms with Gasteiger partial charge in [-0.15, -0.1) is 0 Å². The third-order valence-corrected chi connectivity index (χ3v) is 8.32. The molecule has 0 spiro atoms. The van der Waals surface area contributed by atoms with Crippen LogP contribution in [0.3, 0.4) is 0 Å². The van der Waals surface area contributed by atoms with Gasteiger partial charge in [-0.05, 0) is 72.5 Å². The van der Waals surface area contributed by atoms with Gasteiger partial charge in [-0.2, -0.15) is 0 Å². The minimum Gasteiger partial charge on any atom is -0.274 e. The molecule has 8 rings (SSSR count). The van der Waals surface area contributed by atoms with Gasteiger partial charge in [-0.3, -0.25) is 24.5 Å². The van der Waals surface area contributed by atoms with Crippen LogP contribution < -0.4 is 10.3 Å². The van der Waals surface area contributed by atoms with E-state index in [9.17, 15) is 14.4 Å². The number of nitrogens with zero attached hydrogens (tertiary/aromatic N) is 2. The number of amides is 3. The molecular weight excluding hydrogens is 462 g/mol. The summed E-state index contributed by atoms with van der Waals surface area (Å²) in [5, 5.41) is 0. The van der Waals surface area contributed by atoms with Crippen LogP contribution in [0.5, 0.6) is 0 Å². The fraction of sp³-hybridized carbons (Fsp3) is 0.194. The second-order valence-corrected chi connectivity index (χ2v) is 10.2. The molecule has 3 aromatic carbocycles. The highest BCUT2D eigenvalue weighted by atomic mass is 16.2.